The smallest absolute Gasteiger partial charge is 0.325 e. The van der Waals surface area contributed by atoms with E-state index in [0.29, 0.717) is 23.0 Å². The first kappa shape index (κ1) is 28.9. The van der Waals surface area contributed by atoms with E-state index in [9.17, 15) is 19.2 Å². The van der Waals surface area contributed by atoms with Crippen molar-refractivity contribution in [3.63, 3.8) is 0 Å². The number of hydrogen-bond donors (Lipinski definition) is 3. The van der Waals surface area contributed by atoms with Crippen molar-refractivity contribution in [3.8, 4) is 11.5 Å². The van der Waals surface area contributed by atoms with Gasteiger partial charge in [-0.15, -0.1) is 0 Å². The number of esters is 1. The number of nitrogens with one attached hydrogen (secondary N) is 1. The Hall–Kier alpha value is -4.65. The average molecular weight is 556 g/mol. The summed E-state index contributed by atoms with van der Waals surface area (Å²) in [5.41, 5.74) is 12.5. The number of ether oxygens (including phenoxy) is 3. The molecule has 0 spiro atoms. The number of anilines is 2. The van der Waals surface area contributed by atoms with E-state index in [1.54, 1.807) is 49.4 Å². The molecule has 3 amide bonds. The van der Waals surface area contributed by atoms with E-state index >= 15 is 0 Å². The fraction of sp³-hybridized carbons (Fsp3) is 0.269. The number of carbonyl (C=O) groups is 4. The minimum absolute atomic E-state index is 0.102. The van der Waals surface area contributed by atoms with Crippen LogP contribution in [0.1, 0.15) is 44.3 Å². The maximum Gasteiger partial charge on any atom is 0.325 e. The molecule has 0 bridgehead atoms. The van der Waals surface area contributed by atoms with Crippen LogP contribution in [-0.2, 0) is 14.3 Å². The van der Waals surface area contributed by atoms with Gasteiger partial charge >= 0.3 is 5.97 Å². The predicted molar refractivity (Wildman–Crippen MR) is 145 cm³/mol. The van der Waals surface area contributed by atoms with Crippen LogP contribution in [0.4, 0.5) is 11.4 Å². The first-order chi connectivity index (χ1) is 18.6. The molecule has 0 saturated heterocycles. The van der Waals surface area contributed by atoms with E-state index in [1.165, 1.54) is 19.1 Å². The van der Waals surface area contributed by atoms with E-state index in [4.69, 9.17) is 25.7 Å². The third kappa shape index (κ3) is 6.26. The summed E-state index contributed by atoms with van der Waals surface area (Å²) in [6, 6.07) is 10.3. The highest BCUT2D eigenvalue weighted by molar-refractivity contribution is 7.09. The van der Waals surface area contributed by atoms with E-state index in [-0.39, 0.29) is 34.2 Å². The molecule has 39 heavy (non-hydrogen) atoms. The summed E-state index contributed by atoms with van der Waals surface area (Å²) in [6.07, 6.45) is 0. The minimum atomic E-state index is -1.39. The minimum Gasteiger partial charge on any atom is -0.493 e. The number of primary amides is 1. The third-order valence-corrected chi connectivity index (χ3v) is 6.48. The second kappa shape index (κ2) is 12.7. The molecule has 0 aliphatic rings. The van der Waals surface area contributed by atoms with Gasteiger partial charge in [0.05, 0.1) is 26.5 Å². The Morgan fingerprint density at radius 3 is 2.33 bits per heavy atom. The summed E-state index contributed by atoms with van der Waals surface area (Å²) in [4.78, 5) is 52.8. The number of rotatable bonds is 11. The molecule has 0 saturated carbocycles. The maximum atomic E-state index is 14.1. The number of aromatic nitrogens is 1. The topological polar surface area (TPSA) is 176 Å². The summed E-state index contributed by atoms with van der Waals surface area (Å²) >= 11 is 0.677. The first-order valence-electron chi connectivity index (χ1n) is 11.7. The van der Waals surface area contributed by atoms with Crippen molar-refractivity contribution in [2.24, 2.45) is 5.73 Å². The predicted octanol–water partition coefficient (Wildman–Crippen LogP) is 2.22. The molecule has 0 fully saturated rings. The second-order valence-corrected chi connectivity index (χ2v) is 8.93. The zero-order valence-electron chi connectivity index (χ0n) is 21.8. The van der Waals surface area contributed by atoms with Crippen molar-refractivity contribution < 1.29 is 33.4 Å². The van der Waals surface area contributed by atoms with Gasteiger partial charge in [0, 0.05) is 11.3 Å². The van der Waals surface area contributed by atoms with E-state index in [2.05, 4.69) is 9.69 Å². The number of carbonyl (C=O) groups excluding carboxylic acids is 4. The lowest BCUT2D eigenvalue weighted by atomic mass is 10.0. The van der Waals surface area contributed by atoms with Crippen LogP contribution in [0.25, 0.3) is 0 Å². The van der Waals surface area contributed by atoms with Gasteiger partial charge in [0.15, 0.2) is 17.2 Å². The fourth-order valence-corrected chi connectivity index (χ4v) is 4.56. The van der Waals surface area contributed by atoms with Crippen LogP contribution in [0.5, 0.6) is 11.5 Å². The van der Waals surface area contributed by atoms with Gasteiger partial charge in [-0.3, -0.25) is 24.1 Å². The largest absolute Gasteiger partial charge is 0.493 e. The molecule has 3 rings (SSSR count). The first-order valence-corrected chi connectivity index (χ1v) is 12.5. The SMILES string of the molecule is CCOC(=O)CNC(=O)C(c1cccc(OC)c1OC)N(C(=O)c1snc(C(N)=O)c1N)c1ccc(C)cc1. The van der Waals surface area contributed by atoms with Crippen LogP contribution in [0, 0.1) is 6.92 Å². The van der Waals surface area contributed by atoms with Gasteiger partial charge in [-0.25, -0.2) is 0 Å². The molecule has 3 aromatic rings. The third-order valence-electron chi connectivity index (χ3n) is 5.63. The lowest BCUT2D eigenvalue weighted by Gasteiger charge is -2.32. The van der Waals surface area contributed by atoms with Crippen molar-refractivity contribution in [2.75, 3.05) is 38.0 Å². The van der Waals surface area contributed by atoms with Crippen LogP contribution >= 0.6 is 11.5 Å². The Kier molecular flexibility index (Phi) is 9.44. The van der Waals surface area contributed by atoms with Gasteiger partial charge in [0.1, 0.15) is 17.5 Å². The summed E-state index contributed by atoms with van der Waals surface area (Å²) in [5.74, 6) is -2.51. The Bertz CT molecular complexity index is 1370. The molecular weight excluding hydrogens is 526 g/mol. The van der Waals surface area contributed by atoms with Gasteiger partial charge in [0.25, 0.3) is 11.8 Å². The zero-order valence-corrected chi connectivity index (χ0v) is 22.7. The number of hydrogen-bond acceptors (Lipinski definition) is 10. The molecule has 1 heterocycles. The van der Waals surface area contributed by atoms with Crippen molar-refractivity contribution in [1.29, 1.82) is 0 Å². The fourth-order valence-electron chi connectivity index (χ4n) is 3.82. The van der Waals surface area contributed by atoms with E-state index in [1.807, 2.05) is 6.92 Å². The summed E-state index contributed by atoms with van der Waals surface area (Å²) in [6.45, 7) is 3.19. The molecular formula is C26H29N5O7S. The highest BCUT2D eigenvalue weighted by atomic mass is 32.1. The number of nitrogens with two attached hydrogens (primary N) is 2. The monoisotopic (exact) mass is 555 g/mol. The molecule has 5 N–H and O–H groups in total. The number of nitrogens with zero attached hydrogens (tertiary/aromatic N) is 2. The van der Waals surface area contributed by atoms with Crippen LogP contribution in [-0.4, -0.2) is 55.4 Å². The molecule has 0 aliphatic carbocycles. The molecule has 12 nitrogen and oxygen atoms in total. The summed E-state index contributed by atoms with van der Waals surface area (Å²) in [7, 11) is 2.83. The number of methoxy groups -OCH3 is 2. The summed E-state index contributed by atoms with van der Waals surface area (Å²) in [5, 5.41) is 2.54. The van der Waals surface area contributed by atoms with Gasteiger partial charge < -0.3 is 31.0 Å². The molecule has 0 aliphatic heterocycles. The zero-order chi connectivity index (χ0) is 28.7. The highest BCUT2D eigenvalue weighted by Crippen LogP contribution is 2.40. The number of aryl methyl sites for hydroxylation is 1. The lowest BCUT2D eigenvalue weighted by Crippen LogP contribution is -2.45. The number of para-hydroxylation sites is 1. The van der Waals surface area contributed by atoms with Crippen molar-refractivity contribution in [3.05, 3.63) is 64.2 Å². The Balaban J connectivity index is 2.25. The van der Waals surface area contributed by atoms with Gasteiger partial charge in [-0.1, -0.05) is 29.8 Å². The van der Waals surface area contributed by atoms with Gasteiger partial charge in [-0.2, -0.15) is 4.37 Å². The van der Waals surface area contributed by atoms with E-state index < -0.39 is 36.3 Å². The molecule has 0 radical (unpaired) electrons. The van der Waals surface area contributed by atoms with Crippen molar-refractivity contribution in [1.82, 2.24) is 9.69 Å². The molecule has 2 aromatic carbocycles. The Morgan fingerprint density at radius 1 is 1.08 bits per heavy atom. The van der Waals surface area contributed by atoms with Crippen LogP contribution in [0.3, 0.4) is 0 Å². The lowest BCUT2D eigenvalue weighted by molar-refractivity contribution is -0.143. The molecule has 206 valence electrons. The van der Waals surface area contributed by atoms with Crippen molar-refractivity contribution in [2.45, 2.75) is 19.9 Å². The molecule has 1 aromatic heterocycles. The van der Waals surface area contributed by atoms with Crippen LogP contribution < -0.4 is 31.2 Å². The number of benzene rings is 2. The van der Waals surface area contributed by atoms with E-state index in [0.717, 1.165) is 5.56 Å². The Labute approximate surface area is 229 Å². The second-order valence-electron chi connectivity index (χ2n) is 8.16. The van der Waals surface area contributed by atoms with Crippen LogP contribution in [0.15, 0.2) is 42.5 Å². The Morgan fingerprint density at radius 2 is 1.77 bits per heavy atom. The summed E-state index contributed by atoms with van der Waals surface area (Å²) < 4.78 is 19.9. The van der Waals surface area contributed by atoms with Crippen LogP contribution in [0.2, 0.25) is 0 Å². The average Bonchev–Trinajstić information content (AvgIpc) is 3.31. The van der Waals surface area contributed by atoms with Crippen molar-refractivity contribution >= 4 is 46.6 Å². The quantitative estimate of drug-likeness (QED) is 0.299. The van der Waals surface area contributed by atoms with Gasteiger partial charge in [-0.05, 0) is 43.6 Å². The number of amides is 3. The van der Waals surface area contributed by atoms with Gasteiger partial charge in [0.2, 0.25) is 5.91 Å². The number of nitrogen functional groups attached to an aromatic ring is 1. The standard InChI is InChI=1S/C26H29N5O7S/c1-5-38-18(32)13-29-25(34)21(16-7-6-8-17(36-3)22(16)37-4)31(15-11-9-14(2)10-12-15)26(35)23-19(27)20(24(28)33)30-39-23/h6-12,21H,5,13,27H2,1-4H3,(H2,28,33)(H,29,34). The molecule has 13 heteroatoms. The maximum absolute atomic E-state index is 14.1. The highest BCUT2D eigenvalue weighted by Gasteiger charge is 2.38. The molecule has 1 unspecified atom stereocenters. The molecule has 1 atom stereocenters. The normalized spacial score (nSPS) is 11.3.